The predicted octanol–water partition coefficient (Wildman–Crippen LogP) is 4.68. The van der Waals surface area contributed by atoms with Gasteiger partial charge in [-0.25, -0.2) is 4.98 Å². The van der Waals surface area contributed by atoms with Gasteiger partial charge in [0.25, 0.3) is 0 Å². The van der Waals surface area contributed by atoms with Crippen LogP contribution in [0.3, 0.4) is 0 Å². The number of rotatable bonds is 5. The van der Waals surface area contributed by atoms with Crippen LogP contribution in [0.4, 0.5) is 28.8 Å². The van der Waals surface area contributed by atoms with E-state index < -0.39 is 0 Å². The van der Waals surface area contributed by atoms with Crippen LogP contribution in [0.2, 0.25) is 0 Å². The molecule has 126 valence electrons. The average Bonchev–Trinajstić information content (AvgIpc) is 2.57. The Labute approximate surface area is 153 Å². The SMILES string of the molecule is CC(=O)Nc1cccc(Nc2nccc(Nc3ccc(Br)cc3)n2)c1. The van der Waals surface area contributed by atoms with Crippen LogP contribution >= 0.6 is 15.9 Å². The quantitative estimate of drug-likeness (QED) is 0.582. The lowest BCUT2D eigenvalue weighted by atomic mass is 10.2. The third-order valence-corrected chi connectivity index (χ3v) is 3.74. The third kappa shape index (κ3) is 5.02. The number of nitrogens with one attached hydrogen (secondary N) is 3. The Morgan fingerprint density at radius 1 is 0.960 bits per heavy atom. The van der Waals surface area contributed by atoms with Crippen molar-refractivity contribution in [1.29, 1.82) is 0 Å². The highest BCUT2D eigenvalue weighted by atomic mass is 79.9. The van der Waals surface area contributed by atoms with Gasteiger partial charge in [-0.05, 0) is 48.5 Å². The van der Waals surface area contributed by atoms with Gasteiger partial charge in [0, 0.05) is 34.7 Å². The van der Waals surface area contributed by atoms with Crippen molar-refractivity contribution >= 4 is 50.7 Å². The summed E-state index contributed by atoms with van der Waals surface area (Å²) in [6.45, 7) is 1.47. The van der Waals surface area contributed by atoms with Gasteiger partial charge in [-0.1, -0.05) is 22.0 Å². The summed E-state index contributed by atoms with van der Waals surface area (Å²) in [7, 11) is 0. The number of amides is 1. The summed E-state index contributed by atoms with van der Waals surface area (Å²) in [6, 6.07) is 17.0. The molecule has 0 unspecified atom stereocenters. The molecule has 0 aliphatic rings. The highest BCUT2D eigenvalue weighted by Gasteiger charge is 2.03. The number of halogens is 1. The standard InChI is InChI=1S/C18H16BrN5O/c1-12(25)21-15-3-2-4-16(11-15)23-18-20-10-9-17(24-18)22-14-7-5-13(19)6-8-14/h2-11H,1H3,(H,21,25)(H2,20,22,23,24). The molecule has 1 aromatic heterocycles. The first-order valence-corrected chi connectivity index (χ1v) is 8.38. The van der Waals surface area contributed by atoms with Crippen LogP contribution in [0, 0.1) is 0 Å². The second-order valence-corrected chi connectivity index (χ2v) is 6.20. The molecule has 0 saturated heterocycles. The largest absolute Gasteiger partial charge is 0.340 e. The van der Waals surface area contributed by atoms with Gasteiger partial charge >= 0.3 is 0 Å². The highest BCUT2D eigenvalue weighted by Crippen LogP contribution is 2.21. The van der Waals surface area contributed by atoms with Gasteiger partial charge in [0.15, 0.2) is 0 Å². The molecule has 3 aromatic rings. The maximum atomic E-state index is 11.2. The van der Waals surface area contributed by atoms with Crippen LogP contribution in [0.5, 0.6) is 0 Å². The minimum absolute atomic E-state index is 0.117. The molecule has 7 heteroatoms. The summed E-state index contributed by atoms with van der Waals surface area (Å²) in [5.74, 6) is 1.02. The van der Waals surface area contributed by atoms with Crippen LogP contribution in [0.15, 0.2) is 65.3 Å². The molecule has 0 fully saturated rings. The molecule has 25 heavy (non-hydrogen) atoms. The van der Waals surface area contributed by atoms with Crippen LogP contribution in [-0.2, 0) is 4.79 Å². The molecule has 3 N–H and O–H groups in total. The van der Waals surface area contributed by atoms with Gasteiger partial charge in [0.1, 0.15) is 5.82 Å². The Bertz CT molecular complexity index is 883. The van der Waals surface area contributed by atoms with Gasteiger partial charge in [-0.3, -0.25) is 4.79 Å². The number of hydrogen-bond donors (Lipinski definition) is 3. The van der Waals surface area contributed by atoms with Gasteiger partial charge in [0.2, 0.25) is 11.9 Å². The smallest absolute Gasteiger partial charge is 0.229 e. The molecular formula is C18H16BrN5O. The Balaban J connectivity index is 1.73. The zero-order chi connectivity index (χ0) is 17.6. The van der Waals surface area contributed by atoms with E-state index >= 15 is 0 Å². The molecule has 1 amide bonds. The third-order valence-electron chi connectivity index (χ3n) is 3.21. The summed E-state index contributed by atoms with van der Waals surface area (Å²) in [5.41, 5.74) is 2.43. The normalized spacial score (nSPS) is 10.2. The Morgan fingerprint density at radius 2 is 1.72 bits per heavy atom. The maximum Gasteiger partial charge on any atom is 0.229 e. The molecule has 0 spiro atoms. The number of hydrogen-bond acceptors (Lipinski definition) is 5. The molecule has 0 aliphatic carbocycles. The van der Waals surface area contributed by atoms with Crippen molar-refractivity contribution in [2.45, 2.75) is 6.92 Å². The number of nitrogens with zero attached hydrogens (tertiary/aromatic N) is 2. The molecule has 2 aromatic carbocycles. The van der Waals surface area contributed by atoms with Gasteiger partial charge in [0.05, 0.1) is 0 Å². The number of aromatic nitrogens is 2. The molecule has 0 saturated carbocycles. The monoisotopic (exact) mass is 397 g/mol. The summed E-state index contributed by atoms with van der Waals surface area (Å²) in [4.78, 5) is 19.8. The molecule has 6 nitrogen and oxygen atoms in total. The predicted molar refractivity (Wildman–Crippen MR) is 103 cm³/mol. The van der Waals surface area contributed by atoms with E-state index in [2.05, 4.69) is 41.8 Å². The van der Waals surface area contributed by atoms with Crippen LogP contribution < -0.4 is 16.0 Å². The second kappa shape index (κ2) is 7.76. The fourth-order valence-electron chi connectivity index (χ4n) is 2.18. The van der Waals surface area contributed by atoms with Crippen LogP contribution in [-0.4, -0.2) is 15.9 Å². The lowest BCUT2D eigenvalue weighted by Gasteiger charge is -2.10. The molecule has 0 atom stereocenters. The van der Waals surface area contributed by atoms with E-state index in [-0.39, 0.29) is 5.91 Å². The van der Waals surface area contributed by atoms with E-state index in [1.54, 1.807) is 12.3 Å². The minimum Gasteiger partial charge on any atom is -0.340 e. The van der Waals surface area contributed by atoms with E-state index in [1.165, 1.54) is 6.92 Å². The topological polar surface area (TPSA) is 78.9 Å². The first-order valence-electron chi connectivity index (χ1n) is 7.59. The molecular weight excluding hydrogens is 382 g/mol. The Morgan fingerprint density at radius 3 is 2.48 bits per heavy atom. The molecule has 0 aliphatic heterocycles. The van der Waals surface area contributed by atoms with Crippen molar-refractivity contribution < 1.29 is 4.79 Å². The fourth-order valence-corrected chi connectivity index (χ4v) is 2.44. The van der Waals surface area contributed by atoms with Crippen LogP contribution in [0.1, 0.15) is 6.92 Å². The summed E-state index contributed by atoms with van der Waals surface area (Å²) < 4.78 is 1.02. The first-order chi connectivity index (χ1) is 12.1. The Hall–Kier alpha value is -2.93. The van der Waals surface area contributed by atoms with E-state index in [1.807, 2.05) is 48.5 Å². The van der Waals surface area contributed by atoms with Crippen molar-refractivity contribution in [3.05, 3.63) is 65.3 Å². The summed E-state index contributed by atoms with van der Waals surface area (Å²) in [5, 5.41) is 9.10. The van der Waals surface area contributed by atoms with Gasteiger partial charge < -0.3 is 16.0 Å². The molecule has 1 heterocycles. The fraction of sp³-hybridized carbons (Fsp3) is 0.0556. The zero-order valence-corrected chi connectivity index (χ0v) is 15.0. The number of carbonyl (C=O) groups excluding carboxylic acids is 1. The highest BCUT2D eigenvalue weighted by molar-refractivity contribution is 9.10. The van der Waals surface area contributed by atoms with Crippen molar-refractivity contribution in [3.63, 3.8) is 0 Å². The molecule has 0 radical (unpaired) electrons. The minimum atomic E-state index is -0.117. The van der Waals surface area contributed by atoms with Crippen molar-refractivity contribution in [3.8, 4) is 0 Å². The molecule has 3 rings (SSSR count). The first kappa shape index (κ1) is 16.9. The van der Waals surface area contributed by atoms with Crippen molar-refractivity contribution in [2.75, 3.05) is 16.0 Å². The van der Waals surface area contributed by atoms with E-state index in [4.69, 9.17) is 0 Å². The van der Waals surface area contributed by atoms with Crippen molar-refractivity contribution in [1.82, 2.24) is 9.97 Å². The van der Waals surface area contributed by atoms with E-state index in [9.17, 15) is 4.79 Å². The second-order valence-electron chi connectivity index (χ2n) is 5.28. The molecule has 0 bridgehead atoms. The summed E-state index contributed by atoms with van der Waals surface area (Å²) in [6.07, 6.45) is 1.67. The van der Waals surface area contributed by atoms with Gasteiger partial charge in [-0.2, -0.15) is 4.98 Å². The summed E-state index contributed by atoms with van der Waals surface area (Å²) >= 11 is 3.41. The number of anilines is 5. The average molecular weight is 398 g/mol. The lowest BCUT2D eigenvalue weighted by molar-refractivity contribution is -0.114. The maximum absolute atomic E-state index is 11.2. The van der Waals surface area contributed by atoms with E-state index in [0.717, 1.165) is 15.8 Å². The van der Waals surface area contributed by atoms with E-state index in [0.29, 0.717) is 17.5 Å². The zero-order valence-electron chi connectivity index (χ0n) is 13.5. The van der Waals surface area contributed by atoms with Crippen molar-refractivity contribution in [2.24, 2.45) is 0 Å². The van der Waals surface area contributed by atoms with Gasteiger partial charge in [-0.15, -0.1) is 0 Å². The Kier molecular flexibility index (Phi) is 5.25. The number of carbonyl (C=O) groups is 1. The van der Waals surface area contributed by atoms with Crippen LogP contribution in [0.25, 0.3) is 0 Å². The number of benzene rings is 2. The lowest BCUT2D eigenvalue weighted by Crippen LogP contribution is -2.06.